The van der Waals surface area contributed by atoms with E-state index in [4.69, 9.17) is 4.74 Å². The number of rotatable bonds is 12. The van der Waals surface area contributed by atoms with Gasteiger partial charge in [0.15, 0.2) is 6.61 Å². The molecule has 0 aliphatic heterocycles. The SMILES string of the molecule is CCC(OC(=O)CCCC(=O)OCC(F)(F)C(F)(F)C(F)(F)C(F)F)C(C)C. The van der Waals surface area contributed by atoms with E-state index in [1.807, 2.05) is 13.8 Å². The summed E-state index contributed by atoms with van der Waals surface area (Å²) >= 11 is 0. The van der Waals surface area contributed by atoms with Crippen molar-refractivity contribution in [3.05, 3.63) is 0 Å². The molecule has 0 aliphatic rings. The Bertz CT molecular complexity index is 523. The molecule has 12 heteroatoms. The van der Waals surface area contributed by atoms with Crippen molar-refractivity contribution in [1.82, 2.24) is 0 Å². The maximum atomic E-state index is 13.2. The van der Waals surface area contributed by atoms with E-state index in [0.717, 1.165) is 0 Å². The minimum absolute atomic E-state index is 0.0363. The molecule has 0 N–H and O–H groups in total. The Hall–Kier alpha value is -1.62. The second-order valence-electron chi connectivity index (χ2n) is 6.40. The predicted octanol–water partition coefficient (Wildman–Crippen LogP) is 4.85. The van der Waals surface area contributed by atoms with Gasteiger partial charge in [-0.05, 0) is 18.8 Å². The second kappa shape index (κ2) is 10.2. The third-order valence-electron chi connectivity index (χ3n) is 3.76. The van der Waals surface area contributed by atoms with Gasteiger partial charge in [-0.3, -0.25) is 9.59 Å². The standard InChI is InChI=1S/C16H22F8O4/c1-4-10(9(2)3)28-12(26)7-5-6-11(25)27-8-14(19,20)16(23,24)15(21,22)13(17)18/h9-10,13H,4-8H2,1-3H3. The summed E-state index contributed by atoms with van der Waals surface area (Å²) in [6.45, 7) is 2.89. The largest absolute Gasteiger partial charge is 0.462 e. The Morgan fingerprint density at radius 2 is 1.43 bits per heavy atom. The minimum Gasteiger partial charge on any atom is -0.462 e. The summed E-state index contributed by atoms with van der Waals surface area (Å²) in [6.07, 6.45) is -6.07. The molecule has 0 spiro atoms. The van der Waals surface area contributed by atoms with Gasteiger partial charge in [0.25, 0.3) is 0 Å². The fourth-order valence-electron chi connectivity index (χ4n) is 2.01. The normalized spacial score (nSPS) is 14.3. The summed E-state index contributed by atoms with van der Waals surface area (Å²) in [6, 6.07) is 0. The first-order chi connectivity index (χ1) is 12.6. The highest BCUT2D eigenvalue weighted by molar-refractivity contribution is 5.72. The van der Waals surface area contributed by atoms with Gasteiger partial charge in [-0.2, -0.15) is 26.3 Å². The summed E-state index contributed by atoms with van der Waals surface area (Å²) in [5, 5.41) is 0. The molecule has 0 bridgehead atoms. The van der Waals surface area contributed by atoms with Crippen LogP contribution in [0.5, 0.6) is 0 Å². The summed E-state index contributed by atoms with van der Waals surface area (Å²) in [5.41, 5.74) is 0. The number of ether oxygens (including phenoxy) is 2. The molecule has 0 aromatic heterocycles. The van der Waals surface area contributed by atoms with Crippen molar-refractivity contribution in [3.8, 4) is 0 Å². The van der Waals surface area contributed by atoms with E-state index in [2.05, 4.69) is 4.74 Å². The van der Waals surface area contributed by atoms with Crippen LogP contribution in [0, 0.1) is 5.92 Å². The number of alkyl halides is 8. The van der Waals surface area contributed by atoms with Gasteiger partial charge in [0.05, 0.1) is 0 Å². The molecule has 0 fully saturated rings. The topological polar surface area (TPSA) is 52.6 Å². The van der Waals surface area contributed by atoms with E-state index in [1.165, 1.54) is 0 Å². The lowest BCUT2D eigenvalue weighted by molar-refractivity contribution is -0.344. The molecule has 4 nitrogen and oxygen atoms in total. The van der Waals surface area contributed by atoms with Crippen molar-refractivity contribution in [2.24, 2.45) is 5.92 Å². The molecule has 0 saturated carbocycles. The molecule has 0 rings (SSSR count). The molecule has 0 radical (unpaired) electrons. The molecule has 0 aliphatic carbocycles. The molecular formula is C16H22F8O4. The zero-order chi connectivity index (χ0) is 22.3. The van der Waals surface area contributed by atoms with Gasteiger partial charge in [0.1, 0.15) is 6.10 Å². The maximum absolute atomic E-state index is 13.2. The fourth-order valence-corrected chi connectivity index (χ4v) is 2.01. The van der Waals surface area contributed by atoms with E-state index in [1.54, 1.807) is 6.92 Å². The minimum atomic E-state index is -6.44. The lowest BCUT2D eigenvalue weighted by atomic mass is 10.1. The number of esters is 2. The van der Waals surface area contributed by atoms with Crippen molar-refractivity contribution in [3.63, 3.8) is 0 Å². The van der Waals surface area contributed by atoms with Crippen molar-refractivity contribution in [2.45, 2.75) is 76.8 Å². The van der Waals surface area contributed by atoms with Crippen LogP contribution >= 0.6 is 0 Å². The Morgan fingerprint density at radius 3 is 1.86 bits per heavy atom. The monoisotopic (exact) mass is 430 g/mol. The molecule has 0 amide bonds. The average Bonchev–Trinajstić information content (AvgIpc) is 2.57. The number of halogens is 8. The summed E-state index contributed by atoms with van der Waals surface area (Å²) in [5.74, 6) is -20.6. The highest BCUT2D eigenvalue weighted by Gasteiger charge is 2.75. The summed E-state index contributed by atoms with van der Waals surface area (Å²) < 4.78 is 111. The molecule has 0 aromatic carbocycles. The number of carbonyl (C=O) groups is 2. The van der Waals surface area contributed by atoms with Crippen LogP contribution in [0.1, 0.15) is 46.5 Å². The number of carbonyl (C=O) groups excluding carboxylic acids is 2. The average molecular weight is 430 g/mol. The van der Waals surface area contributed by atoms with Gasteiger partial charge in [-0.1, -0.05) is 20.8 Å². The van der Waals surface area contributed by atoms with Crippen LogP contribution < -0.4 is 0 Å². The Balaban J connectivity index is 4.53. The van der Waals surface area contributed by atoms with Gasteiger partial charge < -0.3 is 9.47 Å². The van der Waals surface area contributed by atoms with E-state index < -0.39 is 49.2 Å². The zero-order valence-electron chi connectivity index (χ0n) is 15.4. The molecule has 0 saturated heterocycles. The van der Waals surface area contributed by atoms with Crippen molar-refractivity contribution in [2.75, 3.05) is 6.61 Å². The molecular weight excluding hydrogens is 408 g/mol. The summed E-state index contributed by atoms with van der Waals surface area (Å²) in [7, 11) is 0. The Kier molecular flexibility index (Phi) is 9.65. The lowest BCUT2D eigenvalue weighted by Gasteiger charge is -2.31. The number of hydrogen-bond donors (Lipinski definition) is 0. The third kappa shape index (κ3) is 6.77. The molecule has 1 unspecified atom stereocenters. The smallest absolute Gasteiger partial charge is 0.381 e. The van der Waals surface area contributed by atoms with E-state index in [9.17, 15) is 44.7 Å². The maximum Gasteiger partial charge on any atom is 0.381 e. The van der Waals surface area contributed by atoms with Crippen molar-refractivity contribution < 1.29 is 54.2 Å². The van der Waals surface area contributed by atoms with Gasteiger partial charge in [0.2, 0.25) is 0 Å². The molecule has 1 atom stereocenters. The van der Waals surface area contributed by atoms with Crippen LogP contribution in [0.4, 0.5) is 35.1 Å². The van der Waals surface area contributed by atoms with Crippen LogP contribution in [-0.4, -0.2) is 48.8 Å². The molecule has 166 valence electrons. The highest BCUT2D eigenvalue weighted by Crippen LogP contribution is 2.48. The Labute approximate surface area is 156 Å². The van der Waals surface area contributed by atoms with Crippen LogP contribution in [0.3, 0.4) is 0 Å². The van der Waals surface area contributed by atoms with Crippen LogP contribution in [0.25, 0.3) is 0 Å². The zero-order valence-corrected chi connectivity index (χ0v) is 15.4. The van der Waals surface area contributed by atoms with E-state index in [-0.39, 0.29) is 24.9 Å². The second-order valence-corrected chi connectivity index (χ2v) is 6.40. The number of hydrogen-bond acceptors (Lipinski definition) is 4. The first-order valence-corrected chi connectivity index (χ1v) is 8.36. The van der Waals surface area contributed by atoms with Crippen molar-refractivity contribution in [1.29, 1.82) is 0 Å². The molecule has 0 heterocycles. The van der Waals surface area contributed by atoms with E-state index >= 15 is 0 Å². The van der Waals surface area contributed by atoms with Gasteiger partial charge >= 0.3 is 36.1 Å². The van der Waals surface area contributed by atoms with Crippen LogP contribution in [-0.2, 0) is 19.1 Å². The van der Waals surface area contributed by atoms with Crippen molar-refractivity contribution >= 4 is 11.9 Å². The highest BCUT2D eigenvalue weighted by atomic mass is 19.4. The first kappa shape index (κ1) is 26.4. The summed E-state index contributed by atoms with van der Waals surface area (Å²) in [4.78, 5) is 22.9. The lowest BCUT2D eigenvalue weighted by Crippen LogP contribution is -2.59. The third-order valence-corrected chi connectivity index (χ3v) is 3.76. The molecule has 28 heavy (non-hydrogen) atoms. The molecule has 0 aromatic rings. The Morgan fingerprint density at radius 1 is 0.929 bits per heavy atom. The van der Waals surface area contributed by atoms with Gasteiger partial charge in [-0.15, -0.1) is 0 Å². The van der Waals surface area contributed by atoms with E-state index in [0.29, 0.717) is 6.42 Å². The first-order valence-electron chi connectivity index (χ1n) is 8.36. The van der Waals surface area contributed by atoms with Gasteiger partial charge in [-0.25, -0.2) is 8.78 Å². The van der Waals surface area contributed by atoms with Gasteiger partial charge in [0, 0.05) is 12.8 Å². The quantitative estimate of drug-likeness (QED) is 0.328. The predicted molar refractivity (Wildman–Crippen MR) is 80.7 cm³/mol. The van der Waals surface area contributed by atoms with Crippen LogP contribution in [0.15, 0.2) is 0 Å². The van der Waals surface area contributed by atoms with Crippen LogP contribution in [0.2, 0.25) is 0 Å². The fraction of sp³-hybridized carbons (Fsp3) is 0.875.